The molecule has 0 saturated carbocycles. The van der Waals surface area contributed by atoms with E-state index in [1.807, 2.05) is 18.3 Å². The van der Waals surface area contributed by atoms with Crippen LogP contribution in [-0.4, -0.2) is 11.0 Å². The molecule has 0 N–H and O–H groups in total. The fourth-order valence-corrected chi connectivity index (χ4v) is 2.63. The van der Waals surface area contributed by atoms with Gasteiger partial charge in [0.05, 0.1) is 5.52 Å². The molecule has 0 aliphatic heterocycles. The third-order valence-electron chi connectivity index (χ3n) is 3.42. The normalized spacial score (nSPS) is 14.3. The molecule has 0 radical (unpaired) electrons. The van der Waals surface area contributed by atoms with Gasteiger partial charge in [-0.25, -0.2) is 0 Å². The summed E-state index contributed by atoms with van der Waals surface area (Å²) < 4.78 is 5.15. The Morgan fingerprint density at radius 3 is 2.94 bits per heavy atom. The number of aryl methyl sites for hydroxylation is 2. The first kappa shape index (κ1) is 11.2. The molecule has 1 aromatic heterocycles. The van der Waals surface area contributed by atoms with Crippen molar-refractivity contribution in [2.75, 3.05) is 0 Å². The summed E-state index contributed by atoms with van der Waals surface area (Å²) in [5, 5.41) is 1.13. The Balaban J connectivity index is 2.15. The average Bonchev–Trinajstić information content (AvgIpc) is 2.38. The van der Waals surface area contributed by atoms with Crippen molar-refractivity contribution in [2.45, 2.75) is 32.6 Å². The first-order valence-corrected chi connectivity index (χ1v) is 6.33. The quantitative estimate of drug-likeness (QED) is 0.569. The van der Waals surface area contributed by atoms with E-state index in [1.54, 1.807) is 6.07 Å². The van der Waals surface area contributed by atoms with Crippen LogP contribution in [0, 0.1) is 0 Å². The lowest BCUT2D eigenvalue weighted by atomic mass is 9.90. The fraction of sp³-hybridized carbons (Fsp3) is 0.333. The number of nitrogens with zero attached hydrogens (tertiary/aromatic N) is 1. The molecular formula is C15H15NO2. The molecule has 3 nitrogen and oxygen atoms in total. The topological polar surface area (TPSA) is 39.2 Å². The lowest BCUT2D eigenvalue weighted by molar-refractivity contribution is -0.131. The molecule has 0 amide bonds. The van der Waals surface area contributed by atoms with Crippen molar-refractivity contribution in [3.05, 3.63) is 35.5 Å². The van der Waals surface area contributed by atoms with Gasteiger partial charge in [-0.1, -0.05) is 0 Å². The highest BCUT2D eigenvalue weighted by Gasteiger charge is 2.13. The van der Waals surface area contributed by atoms with Crippen LogP contribution in [0.1, 0.15) is 30.9 Å². The molecule has 0 spiro atoms. The summed E-state index contributed by atoms with van der Waals surface area (Å²) in [7, 11) is 0. The van der Waals surface area contributed by atoms with Crippen molar-refractivity contribution < 1.29 is 9.53 Å². The SMILES string of the molecule is CC(=O)Oc1ccc2ncc3c(c2c1)CCCC3. The van der Waals surface area contributed by atoms with Crippen LogP contribution in [-0.2, 0) is 17.6 Å². The number of rotatable bonds is 1. The zero-order valence-corrected chi connectivity index (χ0v) is 10.4. The maximum atomic E-state index is 11.0. The molecule has 2 aromatic rings. The Hall–Kier alpha value is -1.90. The molecule has 18 heavy (non-hydrogen) atoms. The third kappa shape index (κ3) is 1.96. The van der Waals surface area contributed by atoms with Crippen LogP contribution in [0.4, 0.5) is 0 Å². The lowest BCUT2D eigenvalue weighted by Crippen LogP contribution is -2.05. The Labute approximate surface area is 106 Å². The predicted octanol–water partition coefficient (Wildman–Crippen LogP) is 3.04. The highest BCUT2D eigenvalue weighted by molar-refractivity contribution is 5.85. The summed E-state index contributed by atoms with van der Waals surface area (Å²) in [6.45, 7) is 1.42. The van der Waals surface area contributed by atoms with E-state index < -0.39 is 0 Å². The number of hydrogen-bond acceptors (Lipinski definition) is 3. The van der Waals surface area contributed by atoms with Gasteiger partial charge in [0.15, 0.2) is 0 Å². The maximum absolute atomic E-state index is 11.0. The number of esters is 1. The Morgan fingerprint density at radius 2 is 2.11 bits per heavy atom. The first-order valence-electron chi connectivity index (χ1n) is 6.33. The van der Waals surface area contributed by atoms with E-state index in [4.69, 9.17) is 4.74 Å². The molecular weight excluding hydrogens is 226 g/mol. The number of aromatic nitrogens is 1. The highest BCUT2D eigenvalue weighted by atomic mass is 16.5. The number of benzene rings is 1. The minimum absolute atomic E-state index is 0.285. The minimum Gasteiger partial charge on any atom is -0.427 e. The number of fused-ring (bicyclic) bond motifs is 3. The molecule has 0 unspecified atom stereocenters. The minimum atomic E-state index is -0.285. The summed E-state index contributed by atoms with van der Waals surface area (Å²) in [6, 6.07) is 5.66. The summed E-state index contributed by atoms with van der Waals surface area (Å²) in [4.78, 5) is 15.5. The van der Waals surface area contributed by atoms with Gasteiger partial charge in [0.25, 0.3) is 0 Å². The Bertz CT molecular complexity index is 619. The van der Waals surface area contributed by atoms with Crippen LogP contribution in [0.15, 0.2) is 24.4 Å². The molecule has 92 valence electrons. The van der Waals surface area contributed by atoms with Gasteiger partial charge in [0.2, 0.25) is 0 Å². The monoisotopic (exact) mass is 241 g/mol. The summed E-state index contributed by atoms with van der Waals surface area (Å²) in [6.07, 6.45) is 6.66. The number of carbonyl (C=O) groups excluding carboxylic acids is 1. The van der Waals surface area contributed by atoms with Crippen LogP contribution >= 0.6 is 0 Å². The number of hydrogen-bond donors (Lipinski definition) is 0. The molecule has 1 heterocycles. The van der Waals surface area contributed by atoms with Gasteiger partial charge >= 0.3 is 5.97 Å². The second-order valence-corrected chi connectivity index (χ2v) is 4.74. The van der Waals surface area contributed by atoms with Gasteiger partial charge < -0.3 is 4.74 Å². The predicted molar refractivity (Wildman–Crippen MR) is 69.7 cm³/mol. The maximum Gasteiger partial charge on any atom is 0.308 e. The molecule has 1 aromatic carbocycles. The van der Waals surface area contributed by atoms with E-state index in [0.29, 0.717) is 5.75 Å². The molecule has 1 aliphatic rings. The zero-order valence-electron chi connectivity index (χ0n) is 10.4. The summed E-state index contributed by atoms with van der Waals surface area (Å²) in [5.41, 5.74) is 3.69. The van der Waals surface area contributed by atoms with Crippen molar-refractivity contribution in [2.24, 2.45) is 0 Å². The van der Waals surface area contributed by atoms with Crippen molar-refractivity contribution in [3.8, 4) is 5.75 Å². The number of ether oxygens (including phenoxy) is 1. The van der Waals surface area contributed by atoms with E-state index in [0.717, 1.165) is 23.7 Å². The van der Waals surface area contributed by atoms with E-state index in [-0.39, 0.29) is 5.97 Å². The highest BCUT2D eigenvalue weighted by Crippen LogP contribution is 2.29. The molecule has 0 saturated heterocycles. The molecule has 0 atom stereocenters. The van der Waals surface area contributed by atoms with Crippen molar-refractivity contribution >= 4 is 16.9 Å². The fourth-order valence-electron chi connectivity index (χ4n) is 2.63. The van der Waals surface area contributed by atoms with Crippen molar-refractivity contribution in [1.82, 2.24) is 4.98 Å². The molecule has 0 fully saturated rings. The standard InChI is InChI=1S/C15H15NO2/c1-10(17)18-12-6-7-15-14(8-12)13-5-3-2-4-11(13)9-16-15/h6-9H,2-5H2,1H3. The Morgan fingerprint density at radius 1 is 1.28 bits per heavy atom. The van der Waals surface area contributed by atoms with E-state index in [9.17, 15) is 4.79 Å². The van der Waals surface area contributed by atoms with Gasteiger partial charge in [-0.2, -0.15) is 0 Å². The summed E-state index contributed by atoms with van der Waals surface area (Å²) >= 11 is 0. The smallest absolute Gasteiger partial charge is 0.308 e. The van der Waals surface area contributed by atoms with Gasteiger partial charge in [0, 0.05) is 18.5 Å². The van der Waals surface area contributed by atoms with Crippen molar-refractivity contribution in [3.63, 3.8) is 0 Å². The van der Waals surface area contributed by atoms with Crippen LogP contribution in [0.25, 0.3) is 10.9 Å². The lowest BCUT2D eigenvalue weighted by Gasteiger charge is -2.17. The average molecular weight is 241 g/mol. The second-order valence-electron chi connectivity index (χ2n) is 4.74. The Kier molecular flexibility index (Phi) is 2.74. The number of carbonyl (C=O) groups is 1. The van der Waals surface area contributed by atoms with Gasteiger partial charge in [0.1, 0.15) is 5.75 Å². The zero-order chi connectivity index (χ0) is 12.5. The van der Waals surface area contributed by atoms with Crippen LogP contribution < -0.4 is 4.74 Å². The van der Waals surface area contributed by atoms with Crippen LogP contribution in [0.5, 0.6) is 5.75 Å². The summed E-state index contributed by atoms with van der Waals surface area (Å²) in [5.74, 6) is 0.322. The molecule has 3 heteroatoms. The largest absolute Gasteiger partial charge is 0.427 e. The van der Waals surface area contributed by atoms with E-state index in [2.05, 4.69) is 4.98 Å². The van der Waals surface area contributed by atoms with Crippen LogP contribution in [0.3, 0.4) is 0 Å². The second kappa shape index (κ2) is 4.41. The van der Waals surface area contributed by atoms with E-state index in [1.165, 1.54) is 30.9 Å². The first-order chi connectivity index (χ1) is 8.74. The van der Waals surface area contributed by atoms with E-state index >= 15 is 0 Å². The third-order valence-corrected chi connectivity index (χ3v) is 3.42. The van der Waals surface area contributed by atoms with Crippen molar-refractivity contribution in [1.29, 1.82) is 0 Å². The molecule has 1 aliphatic carbocycles. The molecule has 0 bridgehead atoms. The van der Waals surface area contributed by atoms with Gasteiger partial charge in [-0.3, -0.25) is 9.78 Å². The number of pyridine rings is 1. The van der Waals surface area contributed by atoms with Gasteiger partial charge in [-0.05, 0) is 55.0 Å². The van der Waals surface area contributed by atoms with Crippen LogP contribution in [0.2, 0.25) is 0 Å². The van der Waals surface area contributed by atoms with Gasteiger partial charge in [-0.15, -0.1) is 0 Å². The molecule has 3 rings (SSSR count).